The number of carbonyl (C=O) groups is 1. The van der Waals surface area contributed by atoms with Gasteiger partial charge in [0.25, 0.3) is 0 Å². The molecule has 2 aliphatic rings. The van der Waals surface area contributed by atoms with Gasteiger partial charge in [-0.1, -0.05) is 18.2 Å². The second-order valence-electron chi connectivity index (χ2n) is 5.35. The second-order valence-corrected chi connectivity index (χ2v) is 5.35. The highest BCUT2D eigenvalue weighted by molar-refractivity contribution is 5.89. The van der Waals surface area contributed by atoms with Crippen LogP contribution in [-0.2, 0) is 16.4 Å². The summed E-state index contributed by atoms with van der Waals surface area (Å²) in [5, 5.41) is 2.99. The number of fused-ring (bicyclic) bond motifs is 1. The van der Waals surface area contributed by atoms with Crippen LogP contribution in [0.2, 0.25) is 0 Å². The average molecular weight is 270 g/mol. The van der Waals surface area contributed by atoms with Crippen LogP contribution in [0.4, 0.5) is 13.2 Å². The predicted molar refractivity (Wildman–Crippen MR) is 62.2 cm³/mol. The Labute approximate surface area is 108 Å². The van der Waals surface area contributed by atoms with Crippen LogP contribution in [0.25, 0.3) is 0 Å². The van der Waals surface area contributed by atoms with Crippen molar-refractivity contribution in [1.29, 1.82) is 0 Å². The molecule has 0 aromatic heterocycles. The van der Waals surface area contributed by atoms with Gasteiger partial charge in [0.2, 0.25) is 5.91 Å². The highest BCUT2D eigenvalue weighted by Crippen LogP contribution is 2.67. The topological polar surface area (TPSA) is 55.1 Å². The molecule has 1 amide bonds. The van der Waals surface area contributed by atoms with Crippen LogP contribution >= 0.6 is 0 Å². The minimum absolute atomic E-state index is 0.186. The summed E-state index contributed by atoms with van der Waals surface area (Å²) in [7, 11) is 0. The fraction of sp³-hybridized carbons (Fsp3) is 0.462. The molecule has 3 nitrogen and oxygen atoms in total. The van der Waals surface area contributed by atoms with E-state index in [-0.39, 0.29) is 5.56 Å². The van der Waals surface area contributed by atoms with E-state index in [0.29, 0.717) is 19.5 Å². The Hall–Kier alpha value is -1.56. The largest absolute Gasteiger partial charge is 0.416 e. The van der Waals surface area contributed by atoms with Gasteiger partial charge in [-0.05, 0) is 18.1 Å². The number of nitrogens with one attached hydrogen (secondary N) is 1. The van der Waals surface area contributed by atoms with Crippen LogP contribution in [0.15, 0.2) is 24.3 Å². The Morgan fingerprint density at radius 3 is 2.53 bits per heavy atom. The van der Waals surface area contributed by atoms with Crippen molar-refractivity contribution >= 4 is 5.91 Å². The normalized spacial score (nSPS) is 33.0. The van der Waals surface area contributed by atoms with Gasteiger partial charge in [0.1, 0.15) is 0 Å². The number of amides is 1. The number of halogens is 3. The molecule has 0 radical (unpaired) electrons. The SMILES string of the molecule is NC(=O)C12CNCC1(c1ccccc1C(F)(F)F)C2. The Balaban J connectivity index is 2.13. The molecule has 3 N–H and O–H groups in total. The van der Waals surface area contributed by atoms with Crippen molar-refractivity contribution in [2.24, 2.45) is 11.1 Å². The Kier molecular flexibility index (Phi) is 2.30. The summed E-state index contributed by atoms with van der Waals surface area (Å²) < 4.78 is 39.2. The zero-order chi connectivity index (χ0) is 13.9. The molecule has 2 fully saturated rings. The van der Waals surface area contributed by atoms with Crippen molar-refractivity contribution in [2.45, 2.75) is 18.0 Å². The zero-order valence-electron chi connectivity index (χ0n) is 10.1. The van der Waals surface area contributed by atoms with E-state index < -0.39 is 28.5 Å². The number of rotatable bonds is 2. The number of nitrogens with two attached hydrogens (primary N) is 1. The third kappa shape index (κ3) is 1.46. The maximum absolute atomic E-state index is 13.1. The minimum atomic E-state index is -4.42. The number of alkyl halides is 3. The Bertz CT molecular complexity index is 557. The summed E-state index contributed by atoms with van der Waals surface area (Å²) in [6, 6.07) is 5.45. The van der Waals surface area contributed by atoms with Crippen molar-refractivity contribution in [1.82, 2.24) is 5.32 Å². The quantitative estimate of drug-likeness (QED) is 0.854. The van der Waals surface area contributed by atoms with E-state index in [2.05, 4.69) is 5.32 Å². The van der Waals surface area contributed by atoms with E-state index in [1.54, 1.807) is 6.07 Å². The smallest absolute Gasteiger partial charge is 0.369 e. The molecule has 19 heavy (non-hydrogen) atoms. The van der Waals surface area contributed by atoms with Gasteiger partial charge in [0.05, 0.1) is 11.0 Å². The minimum Gasteiger partial charge on any atom is -0.369 e. The molecular formula is C13H13F3N2O. The third-order valence-corrected chi connectivity index (χ3v) is 4.47. The van der Waals surface area contributed by atoms with E-state index >= 15 is 0 Å². The van der Waals surface area contributed by atoms with Crippen LogP contribution < -0.4 is 11.1 Å². The molecule has 0 spiro atoms. The fourth-order valence-corrected chi connectivity index (χ4v) is 3.43. The Morgan fingerprint density at radius 1 is 1.26 bits per heavy atom. The van der Waals surface area contributed by atoms with E-state index in [9.17, 15) is 18.0 Å². The van der Waals surface area contributed by atoms with E-state index in [0.717, 1.165) is 6.07 Å². The van der Waals surface area contributed by atoms with Gasteiger partial charge >= 0.3 is 6.18 Å². The first-order valence-electron chi connectivity index (χ1n) is 6.01. The number of primary amides is 1. The van der Waals surface area contributed by atoms with Crippen LogP contribution in [0.3, 0.4) is 0 Å². The first-order chi connectivity index (χ1) is 8.83. The highest BCUT2D eigenvalue weighted by atomic mass is 19.4. The van der Waals surface area contributed by atoms with Gasteiger partial charge < -0.3 is 11.1 Å². The molecule has 1 saturated carbocycles. The maximum Gasteiger partial charge on any atom is 0.416 e. The molecule has 6 heteroatoms. The molecule has 1 aliphatic carbocycles. The number of carbonyl (C=O) groups excluding carboxylic acids is 1. The van der Waals surface area contributed by atoms with Crippen LogP contribution in [0, 0.1) is 5.41 Å². The molecule has 2 unspecified atom stereocenters. The molecule has 1 aromatic rings. The molecule has 3 rings (SSSR count). The molecule has 1 heterocycles. The van der Waals surface area contributed by atoms with Crippen molar-refractivity contribution in [3.8, 4) is 0 Å². The van der Waals surface area contributed by atoms with Gasteiger partial charge in [0, 0.05) is 18.5 Å². The second kappa shape index (κ2) is 3.50. The lowest BCUT2D eigenvalue weighted by Crippen LogP contribution is -2.33. The monoisotopic (exact) mass is 270 g/mol. The van der Waals surface area contributed by atoms with E-state index in [1.807, 2.05) is 0 Å². The van der Waals surface area contributed by atoms with Crippen LogP contribution in [0.5, 0.6) is 0 Å². The van der Waals surface area contributed by atoms with E-state index in [1.165, 1.54) is 12.1 Å². The van der Waals surface area contributed by atoms with Gasteiger partial charge in [-0.3, -0.25) is 4.79 Å². The van der Waals surface area contributed by atoms with Gasteiger partial charge in [0.15, 0.2) is 0 Å². The van der Waals surface area contributed by atoms with Crippen molar-refractivity contribution in [3.05, 3.63) is 35.4 Å². The number of benzene rings is 1. The summed E-state index contributed by atoms with van der Waals surface area (Å²) in [6.07, 6.45) is -4.02. The fourth-order valence-electron chi connectivity index (χ4n) is 3.43. The number of hydrogen-bond acceptors (Lipinski definition) is 2. The first kappa shape index (κ1) is 12.5. The van der Waals surface area contributed by atoms with Gasteiger partial charge in [-0.25, -0.2) is 0 Å². The van der Waals surface area contributed by atoms with Crippen LogP contribution in [0.1, 0.15) is 17.5 Å². The van der Waals surface area contributed by atoms with E-state index in [4.69, 9.17) is 5.73 Å². The molecular weight excluding hydrogens is 257 g/mol. The lowest BCUT2D eigenvalue weighted by molar-refractivity contribution is -0.138. The molecule has 102 valence electrons. The Morgan fingerprint density at radius 2 is 1.95 bits per heavy atom. The average Bonchev–Trinajstić information content (AvgIpc) is 2.87. The van der Waals surface area contributed by atoms with Gasteiger partial charge in [-0.15, -0.1) is 0 Å². The summed E-state index contributed by atoms with van der Waals surface area (Å²) in [6.45, 7) is 0.720. The molecule has 0 bridgehead atoms. The first-order valence-corrected chi connectivity index (χ1v) is 6.01. The lowest BCUT2D eigenvalue weighted by Gasteiger charge is -2.20. The lowest BCUT2D eigenvalue weighted by atomic mass is 9.85. The van der Waals surface area contributed by atoms with Crippen molar-refractivity contribution in [3.63, 3.8) is 0 Å². The summed E-state index contributed by atoms with van der Waals surface area (Å²) >= 11 is 0. The zero-order valence-corrected chi connectivity index (χ0v) is 10.1. The third-order valence-electron chi connectivity index (χ3n) is 4.47. The summed E-state index contributed by atoms with van der Waals surface area (Å²) in [5.41, 5.74) is 3.28. The number of piperidine rings is 1. The molecule has 1 saturated heterocycles. The summed E-state index contributed by atoms with van der Waals surface area (Å²) in [5.74, 6) is -0.519. The molecule has 1 aromatic carbocycles. The van der Waals surface area contributed by atoms with Crippen molar-refractivity contribution in [2.75, 3.05) is 13.1 Å². The number of hydrogen-bond donors (Lipinski definition) is 2. The van der Waals surface area contributed by atoms with Crippen LogP contribution in [-0.4, -0.2) is 19.0 Å². The van der Waals surface area contributed by atoms with Gasteiger partial charge in [-0.2, -0.15) is 13.2 Å². The molecule has 2 atom stereocenters. The predicted octanol–water partition coefficient (Wildman–Crippen LogP) is 1.42. The standard InChI is InChI=1S/C13H13F3N2O/c14-13(15,16)9-4-2-1-3-8(9)11-5-12(11,10(17)19)7-18-6-11/h1-4,18H,5-7H2,(H2,17,19). The van der Waals surface area contributed by atoms with Crippen molar-refractivity contribution < 1.29 is 18.0 Å². The highest BCUT2D eigenvalue weighted by Gasteiger charge is 2.75. The maximum atomic E-state index is 13.1. The molecule has 1 aliphatic heterocycles. The summed E-state index contributed by atoms with van der Waals surface area (Å²) in [4.78, 5) is 11.6.